The van der Waals surface area contributed by atoms with Crippen molar-refractivity contribution in [1.29, 1.82) is 0 Å². The van der Waals surface area contributed by atoms with Crippen LogP contribution < -0.4 is 5.32 Å². The van der Waals surface area contributed by atoms with Crippen LogP contribution in [0.5, 0.6) is 0 Å². The molecule has 3 saturated carbocycles. The van der Waals surface area contributed by atoms with E-state index < -0.39 is 0 Å². The fourth-order valence-corrected chi connectivity index (χ4v) is 7.83. The standard InChI is InChI=1S/C38H63NO7/c1-5-43-22-23-45-26-27-46-25-24-44-21-18-37(42)39-20-8-6-7-11-36(41)30(3)34-16-17-35-31(10-9-19-38(34,35)4)13-14-32-28-33(40)15-12-29(32)2/h13-14,30,33-35,40H,2,5-12,15-28H2,1,3-4H3,(H,39,42)/b31-13+,32-14-/t30-,33-,34+,35-,38+/m0/s1. The maximum Gasteiger partial charge on any atom is 0.222 e. The van der Waals surface area contributed by atoms with Gasteiger partial charge in [0.2, 0.25) is 5.91 Å². The highest BCUT2D eigenvalue weighted by molar-refractivity contribution is 5.81. The van der Waals surface area contributed by atoms with Crippen molar-refractivity contribution in [3.05, 3.63) is 35.5 Å². The van der Waals surface area contributed by atoms with Crippen molar-refractivity contribution in [1.82, 2.24) is 5.32 Å². The molecule has 262 valence electrons. The van der Waals surface area contributed by atoms with Crippen molar-refractivity contribution in [2.24, 2.45) is 23.2 Å². The number of Topliss-reactive ketones (excluding diaryl/α,β-unsaturated/α-hetero) is 1. The molecule has 0 bridgehead atoms. The number of hydrogen-bond acceptors (Lipinski definition) is 7. The van der Waals surface area contributed by atoms with Gasteiger partial charge in [-0.1, -0.05) is 50.1 Å². The van der Waals surface area contributed by atoms with Gasteiger partial charge in [0.25, 0.3) is 0 Å². The third-order valence-electron chi connectivity index (χ3n) is 10.6. The third-order valence-corrected chi connectivity index (χ3v) is 10.6. The monoisotopic (exact) mass is 645 g/mol. The van der Waals surface area contributed by atoms with E-state index in [1.807, 2.05) is 6.92 Å². The van der Waals surface area contributed by atoms with Gasteiger partial charge in [0, 0.05) is 31.9 Å². The van der Waals surface area contributed by atoms with E-state index in [-0.39, 0.29) is 23.3 Å². The Labute approximate surface area is 278 Å². The Morgan fingerprint density at radius 3 is 2.35 bits per heavy atom. The second-order valence-electron chi connectivity index (χ2n) is 13.7. The maximum atomic E-state index is 13.3. The Kier molecular flexibility index (Phi) is 17.8. The number of fused-ring (bicyclic) bond motifs is 1. The Morgan fingerprint density at radius 1 is 0.935 bits per heavy atom. The molecule has 46 heavy (non-hydrogen) atoms. The third kappa shape index (κ3) is 12.6. The molecule has 0 unspecified atom stereocenters. The van der Waals surface area contributed by atoms with Gasteiger partial charge in [0.05, 0.1) is 52.4 Å². The number of hydrogen-bond donors (Lipinski definition) is 2. The van der Waals surface area contributed by atoms with Crippen molar-refractivity contribution < 1.29 is 33.6 Å². The number of carbonyl (C=O) groups is 2. The Bertz CT molecular complexity index is 1010. The lowest BCUT2D eigenvalue weighted by molar-refractivity contribution is -0.126. The second kappa shape index (κ2) is 21.2. The predicted octanol–water partition coefficient (Wildman–Crippen LogP) is 6.51. The Balaban J connectivity index is 1.25. The molecule has 3 fully saturated rings. The molecule has 8 nitrogen and oxygen atoms in total. The summed E-state index contributed by atoms with van der Waals surface area (Å²) in [5.41, 5.74) is 4.08. The molecule has 0 spiro atoms. The van der Waals surface area contributed by atoms with Crippen LogP contribution in [0, 0.1) is 23.2 Å². The van der Waals surface area contributed by atoms with Crippen LogP contribution in [-0.4, -0.2) is 82.3 Å². The molecule has 3 aliphatic rings. The minimum atomic E-state index is -0.247. The molecule has 8 heteroatoms. The van der Waals surface area contributed by atoms with E-state index in [2.05, 4.69) is 37.9 Å². The van der Waals surface area contributed by atoms with E-state index in [9.17, 15) is 14.7 Å². The largest absolute Gasteiger partial charge is 0.393 e. The number of rotatable bonds is 22. The smallest absolute Gasteiger partial charge is 0.222 e. The quantitative estimate of drug-likeness (QED) is 0.129. The molecule has 0 aromatic rings. The average molecular weight is 646 g/mol. The van der Waals surface area contributed by atoms with Gasteiger partial charge in [-0.3, -0.25) is 9.59 Å². The molecule has 0 aromatic heterocycles. The Morgan fingerprint density at radius 2 is 1.63 bits per heavy atom. The molecule has 0 aromatic carbocycles. The molecule has 0 aliphatic heterocycles. The highest BCUT2D eigenvalue weighted by Crippen LogP contribution is 2.59. The van der Waals surface area contributed by atoms with E-state index in [0.717, 1.165) is 44.9 Å². The normalized spacial score (nSPS) is 27.2. The van der Waals surface area contributed by atoms with E-state index >= 15 is 0 Å². The zero-order chi connectivity index (χ0) is 33.2. The van der Waals surface area contributed by atoms with E-state index in [4.69, 9.17) is 18.9 Å². The first kappa shape index (κ1) is 38.6. The SMILES string of the molecule is C=C1CC[C@H](O)C/C1=C/C=C1\CCC[C@]2(C)[C@@H]([C@H](C)C(=O)CCCCCNC(=O)CCOCCOCCOCCOCC)CC[C@@H]12. The zero-order valence-electron chi connectivity index (χ0n) is 29.1. The minimum Gasteiger partial charge on any atom is -0.393 e. The molecule has 0 radical (unpaired) electrons. The number of unbranched alkanes of at least 4 members (excludes halogenated alkanes) is 2. The summed E-state index contributed by atoms with van der Waals surface area (Å²) in [6.45, 7) is 15.7. The van der Waals surface area contributed by atoms with Crippen molar-refractivity contribution in [3.8, 4) is 0 Å². The van der Waals surface area contributed by atoms with Gasteiger partial charge < -0.3 is 29.4 Å². The van der Waals surface area contributed by atoms with Gasteiger partial charge in [-0.25, -0.2) is 0 Å². The van der Waals surface area contributed by atoms with Crippen LogP contribution in [0.1, 0.15) is 104 Å². The highest BCUT2D eigenvalue weighted by atomic mass is 16.6. The van der Waals surface area contributed by atoms with Crippen LogP contribution >= 0.6 is 0 Å². The number of allylic oxidation sites excluding steroid dienone is 4. The van der Waals surface area contributed by atoms with E-state index in [0.29, 0.717) is 96.3 Å². The molecule has 2 N–H and O–H groups in total. The summed E-state index contributed by atoms with van der Waals surface area (Å²) in [5, 5.41) is 13.1. The van der Waals surface area contributed by atoms with Gasteiger partial charge in [0.1, 0.15) is 5.78 Å². The highest BCUT2D eigenvalue weighted by Gasteiger charge is 2.51. The summed E-state index contributed by atoms with van der Waals surface area (Å²) in [7, 11) is 0. The van der Waals surface area contributed by atoms with Crippen LogP contribution in [0.4, 0.5) is 0 Å². The lowest BCUT2D eigenvalue weighted by Gasteiger charge is -2.44. The van der Waals surface area contributed by atoms with Gasteiger partial charge in [-0.05, 0) is 94.0 Å². The summed E-state index contributed by atoms with van der Waals surface area (Å²) >= 11 is 0. The minimum absolute atomic E-state index is 0.00398. The molecule has 3 aliphatic carbocycles. The van der Waals surface area contributed by atoms with E-state index in [1.54, 1.807) is 0 Å². The van der Waals surface area contributed by atoms with Crippen LogP contribution in [0.3, 0.4) is 0 Å². The fraction of sp³-hybridized carbons (Fsp3) is 0.789. The number of ketones is 1. The first-order chi connectivity index (χ1) is 22.3. The topological polar surface area (TPSA) is 103 Å². The van der Waals surface area contributed by atoms with Gasteiger partial charge in [-0.2, -0.15) is 0 Å². The lowest BCUT2D eigenvalue weighted by Crippen LogP contribution is -2.38. The van der Waals surface area contributed by atoms with Gasteiger partial charge in [-0.15, -0.1) is 0 Å². The lowest BCUT2D eigenvalue weighted by atomic mass is 9.60. The molecule has 1 amide bonds. The number of nitrogens with one attached hydrogen (secondary N) is 1. The first-order valence-electron chi connectivity index (χ1n) is 18.1. The predicted molar refractivity (Wildman–Crippen MR) is 183 cm³/mol. The van der Waals surface area contributed by atoms with Crippen molar-refractivity contribution >= 4 is 11.7 Å². The molecule has 5 atom stereocenters. The first-order valence-corrected chi connectivity index (χ1v) is 18.1. The van der Waals surface area contributed by atoms with Crippen molar-refractivity contribution in [2.45, 2.75) is 110 Å². The molecule has 0 heterocycles. The van der Waals surface area contributed by atoms with Crippen LogP contribution in [0.25, 0.3) is 0 Å². The van der Waals surface area contributed by atoms with Crippen molar-refractivity contribution in [3.63, 3.8) is 0 Å². The number of amides is 1. The summed E-state index contributed by atoms with van der Waals surface area (Å²) in [4.78, 5) is 25.4. The van der Waals surface area contributed by atoms with Crippen LogP contribution in [-0.2, 0) is 28.5 Å². The number of ether oxygens (including phenoxy) is 4. The zero-order valence-corrected chi connectivity index (χ0v) is 29.1. The fourth-order valence-electron chi connectivity index (χ4n) is 7.83. The summed E-state index contributed by atoms with van der Waals surface area (Å²) in [6.07, 6.45) is 16.2. The van der Waals surface area contributed by atoms with Crippen molar-refractivity contribution in [2.75, 3.05) is 59.4 Å². The summed E-state index contributed by atoms with van der Waals surface area (Å²) in [5.74, 6) is 1.46. The summed E-state index contributed by atoms with van der Waals surface area (Å²) in [6, 6.07) is 0. The van der Waals surface area contributed by atoms with Gasteiger partial charge >= 0.3 is 0 Å². The van der Waals surface area contributed by atoms with E-state index in [1.165, 1.54) is 36.0 Å². The molecule has 3 rings (SSSR count). The van der Waals surface area contributed by atoms with Crippen LogP contribution in [0.2, 0.25) is 0 Å². The Hall–Kier alpha value is -1.84. The number of aliphatic hydroxyl groups excluding tert-OH is 1. The molecular weight excluding hydrogens is 582 g/mol. The number of carbonyl (C=O) groups excluding carboxylic acids is 2. The molecule has 0 saturated heterocycles. The number of aliphatic hydroxyl groups is 1. The maximum absolute atomic E-state index is 13.3. The second-order valence-corrected chi connectivity index (χ2v) is 13.7. The molecular formula is C38H63NO7. The van der Waals surface area contributed by atoms with Crippen LogP contribution in [0.15, 0.2) is 35.5 Å². The van der Waals surface area contributed by atoms with Gasteiger partial charge in [0.15, 0.2) is 0 Å². The average Bonchev–Trinajstić information content (AvgIpc) is 3.40. The summed E-state index contributed by atoms with van der Waals surface area (Å²) < 4.78 is 21.5.